The first-order valence-electron chi connectivity index (χ1n) is 7.82. The van der Waals surface area contributed by atoms with E-state index < -0.39 is 10.0 Å². The minimum Gasteiger partial charge on any atom is -0.359 e. The van der Waals surface area contributed by atoms with Gasteiger partial charge in [0.1, 0.15) is 6.73 Å². The highest BCUT2D eigenvalue weighted by Gasteiger charge is 2.37. The first-order valence-corrected chi connectivity index (χ1v) is 9.26. The molecule has 0 radical (unpaired) electrons. The van der Waals surface area contributed by atoms with Crippen molar-refractivity contribution in [3.8, 4) is 0 Å². The Hall–Kier alpha value is -1.44. The molecule has 0 aromatic heterocycles. The maximum atomic E-state index is 12.6. The van der Waals surface area contributed by atoms with Gasteiger partial charge in [-0.2, -0.15) is 4.31 Å². The van der Waals surface area contributed by atoms with Crippen molar-refractivity contribution in [1.82, 2.24) is 9.21 Å². The Morgan fingerprint density at radius 1 is 1.13 bits per heavy atom. The molecule has 2 saturated heterocycles. The molecule has 0 spiro atoms. The van der Waals surface area contributed by atoms with E-state index in [1.54, 1.807) is 17.0 Å². The van der Waals surface area contributed by atoms with E-state index in [0.717, 1.165) is 12.8 Å². The summed E-state index contributed by atoms with van der Waals surface area (Å²) in [6.07, 6.45) is 1.81. The fraction of sp³-hybridized carbons (Fsp3) is 0.562. The summed E-state index contributed by atoms with van der Waals surface area (Å²) in [5.74, 6) is -0.141. The Bertz CT molecular complexity index is 691. The lowest BCUT2D eigenvalue weighted by atomic mass is 10.0. The summed E-state index contributed by atoms with van der Waals surface area (Å²) in [4.78, 5) is 14.5. The van der Waals surface area contributed by atoms with Crippen LogP contribution in [0.3, 0.4) is 0 Å². The van der Waals surface area contributed by atoms with Crippen LogP contribution in [0.2, 0.25) is 0 Å². The smallest absolute Gasteiger partial charge is 0.256 e. The molecule has 0 saturated carbocycles. The summed E-state index contributed by atoms with van der Waals surface area (Å²) in [5, 5.41) is 0. The number of amides is 1. The number of rotatable bonds is 3. The second-order valence-electron chi connectivity index (χ2n) is 6.66. The summed E-state index contributed by atoms with van der Waals surface area (Å²) >= 11 is 0. The predicted octanol–water partition coefficient (Wildman–Crippen LogP) is 1.68. The number of nitrogens with zero attached hydrogens (tertiary/aromatic N) is 2. The second kappa shape index (κ2) is 5.89. The molecule has 1 aromatic rings. The number of carbonyl (C=O) groups is 1. The van der Waals surface area contributed by atoms with Crippen molar-refractivity contribution in [2.45, 2.75) is 37.1 Å². The van der Waals surface area contributed by atoms with Crippen molar-refractivity contribution in [3.05, 3.63) is 29.8 Å². The molecular formula is C16H22N2O4S. The van der Waals surface area contributed by atoms with Gasteiger partial charge in [0.05, 0.1) is 17.0 Å². The van der Waals surface area contributed by atoms with E-state index in [2.05, 4.69) is 0 Å². The molecule has 1 amide bonds. The van der Waals surface area contributed by atoms with Crippen LogP contribution < -0.4 is 0 Å². The van der Waals surface area contributed by atoms with E-state index in [0.29, 0.717) is 25.3 Å². The minimum atomic E-state index is -3.44. The largest absolute Gasteiger partial charge is 0.359 e. The van der Waals surface area contributed by atoms with Gasteiger partial charge in [0.2, 0.25) is 10.0 Å². The maximum absolute atomic E-state index is 12.6. The molecule has 2 aliphatic heterocycles. The van der Waals surface area contributed by atoms with Gasteiger partial charge in [0.25, 0.3) is 5.91 Å². The number of benzene rings is 1. The molecule has 23 heavy (non-hydrogen) atoms. The average Bonchev–Trinajstić information content (AvgIpc) is 3.16. The Morgan fingerprint density at radius 3 is 2.26 bits per heavy atom. The summed E-state index contributed by atoms with van der Waals surface area (Å²) in [7, 11) is -3.44. The summed E-state index contributed by atoms with van der Waals surface area (Å²) in [6, 6.07) is 6.20. The molecule has 0 atom stereocenters. The van der Waals surface area contributed by atoms with Crippen molar-refractivity contribution < 1.29 is 17.9 Å². The van der Waals surface area contributed by atoms with Crippen molar-refractivity contribution >= 4 is 15.9 Å². The molecule has 126 valence electrons. The predicted molar refractivity (Wildman–Crippen MR) is 85.5 cm³/mol. The van der Waals surface area contributed by atoms with Crippen molar-refractivity contribution in [1.29, 1.82) is 0 Å². The monoisotopic (exact) mass is 338 g/mol. The molecule has 0 bridgehead atoms. The van der Waals surface area contributed by atoms with E-state index in [-0.39, 0.29) is 23.1 Å². The highest BCUT2D eigenvalue weighted by atomic mass is 32.2. The summed E-state index contributed by atoms with van der Waals surface area (Å²) in [6.45, 7) is 5.80. The first kappa shape index (κ1) is 16.4. The van der Waals surface area contributed by atoms with Crippen LogP contribution in [0.4, 0.5) is 0 Å². The molecule has 0 aliphatic carbocycles. The van der Waals surface area contributed by atoms with Crippen LogP contribution in [0, 0.1) is 0 Å². The van der Waals surface area contributed by atoms with Crippen molar-refractivity contribution in [2.24, 2.45) is 0 Å². The zero-order valence-electron chi connectivity index (χ0n) is 13.5. The van der Waals surface area contributed by atoms with Crippen molar-refractivity contribution in [2.75, 3.05) is 26.4 Å². The fourth-order valence-electron chi connectivity index (χ4n) is 2.98. The van der Waals surface area contributed by atoms with Gasteiger partial charge in [0.15, 0.2) is 0 Å². The van der Waals surface area contributed by atoms with E-state index >= 15 is 0 Å². The number of hydrogen-bond donors (Lipinski definition) is 0. The van der Waals surface area contributed by atoms with Gasteiger partial charge < -0.3 is 9.64 Å². The summed E-state index contributed by atoms with van der Waals surface area (Å²) in [5.41, 5.74) is 0.126. The molecule has 2 heterocycles. The molecule has 3 rings (SSSR count). The molecular weight excluding hydrogens is 316 g/mol. The first-order chi connectivity index (χ1) is 10.8. The topological polar surface area (TPSA) is 66.9 Å². The van der Waals surface area contributed by atoms with Gasteiger partial charge in [-0.1, -0.05) is 0 Å². The zero-order valence-corrected chi connectivity index (χ0v) is 14.3. The van der Waals surface area contributed by atoms with Gasteiger partial charge in [-0.3, -0.25) is 4.79 Å². The molecule has 2 aliphatic rings. The van der Waals surface area contributed by atoms with Gasteiger partial charge in [0, 0.05) is 18.7 Å². The molecule has 0 unspecified atom stereocenters. The fourth-order valence-corrected chi connectivity index (χ4v) is 4.49. The molecule has 1 aromatic carbocycles. The number of carbonyl (C=O) groups excluding carboxylic acids is 1. The Labute approximate surface area is 137 Å². The zero-order chi connectivity index (χ0) is 16.7. The maximum Gasteiger partial charge on any atom is 0.256 e. The normalized spacial score (nSPS) is 21.7. The number of ether oxygens (including phenoxy) is 1. The quantitative estimate of drug-likeness (QED) is 0.841. The Morgan fingerprint density at radius 2 is 1.74 bits per heavy atom. The van der Waals surface area contributed by atoms with Gasteiger partial charge in [-0.05, 0) is 51.0 Å². The van der Waals surface area contributed by atoms with Crippen LogP contribution in [0.25, 0.3) is 0 Å². The lowest BCUT2D eigenvalue weighted by molar-refractivity contribution is 0.0605. The van der Waals surface area contributed by atoms with Gasteiger partial charge in [-0.25, -0.2) is 8.42 Å². The molecule has 2 fully saturated rings. The Kier molecular flexibility index (Phi) is 4.20. The highest BCUT2D eigenvalue weighted by Crippen LogP contribution is 2.25. The molecule has 7 heteroatoms. The van der Waals surface area contributed by atoms with Gasteiger partial charge >= 0.3 is 0 Å². The van der Waals surface area contributed by atoms with Crippen LogP contribution in [-0.4, -0.2) is 55.5 Å². The third-order valence-electron chi connectivity index (χ3n) is 4.46. The third kappa shape index (κ3) is 3.00. The van der Waals surface area contributed by atoms with E-state index in [4.69, 9.17) is 4.74 Å². The third-order valence-corrected chi connectivity index (χ3v) is 6.37. The van der Waals surface area contributed by atoms with Crippen LogP contribution in [0.15, 0.2) is 29.2 Å². The van der Waals surface area contributed by atoms with E-state index in [9.17, 15) is 13.2 Å². The lowest BCUT2D eigenvalue weighted by Gasteiger charge is -2.29. The SMILES string of the molecule is CC1(C)COCN1C(=O)c1ccc(S(=O)(=O)N2CCCC2)cc1. The second-order valence-corrected chi connectivity index (χ2v) is 8.60. The lowest BCUT2D eigenvalue weighted by Crippen LogP contribution is -2.44. The minimum absolute atomic E-state index is 0.141. The highest BCUT2D eigenvalue weighted by molar-refractivity contribution is 7.89. The van der Waals surface area contributed by atoms with Gasteiger partial charge in [-0.15, -0.1) is 0 Å². The van der Waals surface area contributed by atoms with Crippen LogP contribution in [0.1, 0.15) is 37.0 Å². The average molecular weight is 338 g/mol. The molecule has 0 N–H and O–H groups in total. The van der Waals surface area contributed by atoms with Crippen LogP contribution in [0.5, 0.6) is 0 Å². The van der Waals surface area contributed by atoms with Crippen LogP contribution in [-0.2, 0) is 14.8 Å². The summed E-state index contributed by atoms with van der Waals surface area (Å²) < 4.78 is 31.8. The van der Waals surface area contributed by atoms with E-state index in [1.165, 1.54) is 16.4 Å². The Balaban J connectivity index is 1.81. The van der Waals surface area contributed by atoms with E-state index in [1.807, 2.05) is 13.8 Å². The molecule has 6 nitrogen and oxygen atoms in total. The standard InChI is InChI=1S/C16H22N2O4S/c1-16(2)11-22-12-18(16)15(19)13-5-7-14(8-6-13)23(20,21)17-9-3-4-10-17/h5-8H,3-4,9-12H2,1-2H3. The number of hydrogen-bond acceptors (Lipinski definition) is 4. The number of sulfonamides is 1. The van der Waals surface area contributed by atoms with Crippen LogP contribution >= 0.6 is 0 Å². The van der Waals surface area contributed by atoms with Crippen molar-refractivity contribution in [3.63, 3.8) is 0 Å².